The Kier molecular flexibility index (Phi) is 4.27. The first-order chi connectivity index (χ1) is 13.6. The van der Waals surface area contributed by atoms with Crippen LogP contribution in [0.2, 0.25) is 0 Å². The number of anilines is 1. The van der Waals surface area contributed by atoms with Gasteiger partial charge in [-0.2, -0.15) is 13.2 Å². The molecule has 4 rings (SSSR count). The fourth-order valence-electron chi connectivity index (χ4n) is 3.57. The number of alkyl halides is 3. The Balaban J connectivity index is 1.71. The van der Waals surface area contributed by atoms with E-state index in [0.717, 1.165) is 16.5 Å². The van der Waals surface area contributed by atoms with Crippen molar-refractivity contribution in [3.63, 3.8) is 0 Å². The monoisotopic (exact) mass is 404 g/mol. The highest BCUT2D eigenvalue weighted by molar-refractivity contribution is 6.07. The number of aromatic nitrogens is 1. The summed E-state index contributed by atoms with van der Waals surface area (Å²) < 4.78 is 57.1. The van der Waals surface area contributed by atoms with Crippen LogP contribution in [0.1, 0.15) is 11.1 Å². The van der Waals surface area contributed by atoms with E-state index in [2.05, 4.69) is 0 Å². The third-order valence-electron chi connectivity index (χ3n) is 5.10. The predicted octanol–water partition coefficient (Wildman–Crippen LogP) is 4.13. The quantitative estimate of drug-likeness (QED) is 0.668. The lowest BCUT2D eigenvalue weighted by Gasteiger charge is -2.25. The number of hydrogen-bond acceptors (Lipinski definition) is 2. The van der Waals surface area contributed by atoms with Gasteiger partial charge in [0.05, 0.1) is 12.2 Å². The summed E-state index contributed by atoms with van der Waals surface area (Å²) in [5.74, 6) is -2.20. The van der Waals surface area contributed by atoms with E-state index in [4.69, 9.17) is 0 Å². The smallest absolute Gasteiger partial charge is 0.368 e. The highest BCUT2D eigenvalue weighted by Gasteiger charge is 2.66. The Hall–Kier alpha value is -3.13. The second kappa shape index (κ2) is 6.45. The minimum atomic E-state index is -5.20. The zero-order chi connectivity index (χ0) is 21.0. The average Bonchev–Trinajstić information content (AvgIpc) is 3.19. The molecule has 8 heteroatoms. The summed E-state index contributed by atoms with van der Waals surface area (Å²) in [4.78, 5) is 13.3. The number of para-hydroxylation sites is 1. The van der Waals surface area contributed by atoms with E-state index in [-0.39, 0.29) is 11.3 Å². The molecule has 1 aromatic heterocycles. The minimum absolute atomic E-state index is 0.0410. The van der Waals surface area contributed by atoms with Crippen LogP contribution < -0.4 is 4.90 Å². The van der Waals surface area contributed by atoms with Crippen molar-refractivity contribution in [1.29, 1.82) is 0 Å². The van der Waals surface area contributed by atoms with Crippen LogP contribution in [0, 0.1) is 5.82 Å². The molecule has 29 heavy (non-hydrogen) atoms. The number of rotatable bonds is 3. The maximum atomic E-state index is 14.7. The molecule has 1 aliphatic rings. The van der Waals surface area contributed by atoms with E-state index in [1.807, 2.05) is 7.05 Å². The van der Waals surface area contributed by atoms with Gasteiger partial charge in [0.2, 0.25) is 0 Å². The summed E-state index contributed by atoms with van der Waals surface area (Å²) in [6, 6.07) is 11.3. The Labute approximate surface area is 163 Å². The first-order valence-electron chi connectivity index (χ1n) is 8.74. The third kappa shape index (κ3) is 2.91. The summed E-state index contributed by atoms with van der Waals surface area (Å²) in [7, 11) is 1.83. The Bertz CT molecular complexity index is 1110. The van der Waals surface area contributed by atoms with Gasteiger partial charge in [-0.25, -0.2) is 4.39 Å². The largest absolute Gasteiger partial charge is 0.430 e. The average molecular weight is 404 g/mol. The molecule has 1 N–H and O–H groups in total. The van der Waals surface area contributed by atoms with Crippen LogP contribution in [-0.4, -0.2) is 21.8 Å². The van der Waals surface area contributed by atoms with Gasteiger partial charge in [-0.05, 0) is 29.3 Å². The molecule has 1 amide bonds. The number of hydrogen-bond donors (Lipinski definition) is 1. The summed E-state index contributed by atoms with van der Waals surface area (Å²) in [5, 5.41) is 10.2. The Morgan fingerprint density at radius 3 is 2.41 bits per heavy atom. The van der Waals surface area contributed by atoms with Gasteiger partial charge in [-0.3, -0.25) is 4.79 Å². The third-order valence-corrected chi connectivity index (χ3v) is 5.10. The standard InChI is InChI=1S/C21H16F4N2O2/c1-26-9-8-14(11-26)13-6-7-15(17(22)10-13)12-27-18-5-3-2-4-16(18)20(29,19(27)28)21(23,24)25/h2-11,29H,12H2,1H3. The number of carbonyl (C=O) groups is 1. The predicted molar refractivity (Wildman–Crippen MR) is 98.4 cm³/mol. The molecule has 1 unspecified atom stereocenters. The number of nitrogens with zero attached hydrogens (tertiary/aromatic N) is 2. The number of halogens is 4. The van der Waals surface area contributed by atoms with Crippen molar-refractivity contribution in [3.05, 3.63) is 77.9 Å². The SMILES string of the molecule is Cn1ccc(-c2ccc(CN3C(=O)C(O)(C(F)(F)F)c4ccccc43)c(F)c2)c1. The number of amides is 1. The molecule has 0 saturated carbocycles. The van der Waals surface area contributed by atoms with E-state index < -0.39 is 35.6 Å². The van der Waals surface area contributed by atoms with Crippen molar-refractivity contribution in [1.82, 2.24) is 4.57 Å². The van der Waals surface area contributed by atoms with E-state index in [1.54, 1.807) is 29.1 Å². The fourth-order valence-corrected chi connectivity index (χ4v) is 3.57. The molecule has 0 aliphatic carbocycles. The highest BCUT2D eigenvalue weighted by atomic mass is 19.4. The molecule has 0 bridgehead atoms. The molecule has 0 spiro atoms. The van der Waals surface area contributed by atoms with Gasteiger partial charge in [0, 0.05) is 30.6 Å². The molecule has 3 aromatic rings. The number of carbonyl (C=O) groups excluding carboxylic acids is 1. The lowest BCUT2D eigenvalue weighted by molar-refractivity contribution is -0.253. The molecule has 4 nitrogen and oxygen atoms in total. The van der Waals surface area contributed by atoms with Gasteiger partial charge in [0.15, 0.2) is 0 Å². The molecule has 0 radical (unpaired) electrons. The van der Waals surface area contributed by atoms with Gasteiger partial charge < -0.3 is 14.6 Å². The summed E-state index contributed by atoms with van der Waals surface area (Å²) in [6.07, 6.45) is -1.60. The Morgan fingerprint density at radius 2 is 1.79 bits per heavy atom. The van der Waals surface area contributed by atoms with E-state index >= 15 is 0 Å². The van der Waals surface area contributed by atoms with Crippen molar-refractivity contribution >= 4 is 11.6 Å². The van der Waals surface area contributed by atoms with E-state index in [1.165, 1.54) is 30.3 Å². The lowest BCUT2D eigenvalue weighted by atomic mass is 9.95. The Morgan fingerprint density at radius 1 is 1.07 bits per heavy atom. The number of aliphatic hydroxyl groups is 1. The fraction of sp³-hybridized carbons (Fsp3) is 0.190. The van der Waals surface area contributed by atoms with Gasteiger partial charge in [-0.15, -0.1) is 0 Å². The number of benzene rings is 2. The molecule has 150 valence electrons. The van der Waals surface area contributed by atoms with Gasteiger partial charge in [0.1, 0.15) is 5.82 Å². The molecule has 0 saturated heterocycles. The molecule has 0 fully saturated rings. The minimum Gasteiger partial charge on any atom is -0.368 e. The summed E-state index contributed by atoms with van der Waals surface area (Å²) in [5.41, 5.74) is -2.87. The zero-order valence-corrected chi connectivity index (χ0v) is 15.2. The molecule has 2 aromatic carbocycles. The van der Waals surface area contributed by atoms with Crippen molar-refractivity contribution < 1.29 is 27.5 Å². The van der Waals surface area contributed by atoms with Crippen molar-refractivity contribution in [2.45, 2.75) is 18.3 Å². The van der Waals surface area contributed by atoms with Crippen LogP contribution in [0.4, 0.5) is 23.2 Å². The summed E-state index contributed by atoms with van der Waals surface area (Å²) >= 11 is 0. The first kappa shape index (κ1) is 19.2. The highest BCUT2D eigenvalue weighted by Crippen LogP contribution is 2.49. The molecule has 1 aliphatic heterocycles. The van der Waals surface area contributed by atoms with Gasteiger partial charge in [-0.1, -0.05) is 30.3 Å². The van der Waals surface area contributed by atoms with Gasteiger partial charge >= 0.3 is 6.18 Å². The lowest BCUT2D eigenvalue weighted by Crippen LogP contribution is -2.50. The maximum absolute atomic E-state index is 14.7. The van der Waals surface area contributed by atoms with Crippen LogP contribution in [0.3, 0.4) is 0 Å². The normalized spacial score (nSPS) is 19.0. The van der Waals surface area contributed by atoms with Crippen LogP contribution in [-0.2, 0) is 24.0 Å². The number of fused-ring (bicyclic) bond motifs is 1. The van der Waals surface area contributed by atoms with Crippen molar-refractivity contribution in [3.8, 4) is 11.1 Å². The maximum Gasteiger partial charge on any atom is 0.430 e. The van der Waals surface area contributed by atoms with Crippen LogP contribution >= 0.6 is 0 Å². The molecular weight excluding hydrogens is 388 g/mol. The zero-order valence-electron chi connectivity index (χ0n) is 15.2. The summed E-state index contributed by atoms with van der Waals surface area (Å²) in [6.45, 7) is -0.435. The second-order valence-corrected chi connectivity index (χ2v) is 6.99. The molecule has 1 atom stereocenters. The second-order valence-electron chi connectivity index (χ2n) is 6.99. The van der Waals surface area contributed by atoms with Crippen LogP contribution in [0.5, 0.6) is 0 Å². The van der Waals surface area contributed by atoms with E-state index in [9.17, 15) is 27.5 Å². The molecule has 2 heterocycles. The number of aryl methyl sites for hydroxylation is 1. The molecular formula is C21H16F4N2O2. The van der Waals surface area contributed by atoms with Gasteiger partial charge in [0.25, 0.3) is 11.5 Å². The van der Waals surface area contributed by atoms with Crippen LogP contribution in [0.25, 0.3) is 11.1 Å². The van der Waals surface area contributed by atoms with Crippen molar-refractivity contribution in [2.24, 2.45) is 7.05 Å². The first-order valence-corrected chi connectivity index (χ1v) is 8.74. The van der Waals surface area contributed by atoms with E-state index in [0.29, 0.717) is 5.56 Å². The topological polar surface area (TPSA) is 45.5 Å². The van der Waals surface area contributed by atoms with Crippen molar-refractivity contribution in [2.75, 3.05) is 4.90 Å². The van der Waals surface area contributed by atoms with Crippen LogP contribution in [0.15, 0.2) is 60.9 Å².